The fourth-order valence-electron chi connectivity index (χ4n) is 3.15. The van der Waals surface area contributed by atoms with Crippen LogP contribution in [0.15, 0.2) is 71.4 Å². The molecule has 0 atom stereocenters. The highest BCUT2D eigenvalue weighted by molar-refractivity contribution is 7.99. The van der Waals surface area contributed by atoms with E-state index >= 15 is 0 Å². The highest BCUT2D eigenvalue weighted by Gasteiger charge is 2.12. The molecule has 1 N–H and O–H groups in total. The van der Waals surface area contributed by atoms with Crippen LogP contribution in [-0.4, -0.2) is 23.0 Å². The molecular formula is C24H18N3O3S2-. The number of thiophene rings is 1. The average molecular weight is 461 g/mol. The molecule has 160 valence electrons. The van der Waals surface area contributed by atoms with Crippen LogP contribution in [0, 0.1) is 5.69 Å². The summed E-state index contributed by atoms with van der Waals surface area (Å²) in [6.07, 6.45) is 1.81. The summed E-state index contributed by atoms with van der Waals surface area (Å²) in [4.78, 5) is 21.4. The van der Waals surface area contributed by atoms with Gasteiger partial charge in [0.05, 0.1) is 23.7 Å². The lowest BCUT2D eigenvalue weighted by molar-refractivity contribution is -0.139. The van der Waals surface area contributed by atoms with Crippen molar-refractivity contribution in [3.63, 3.8) is 0 Å². The fraction of sp³-hybridized carbons (Fsp3) is 0.0833. The summed E-state index contributed by atoms with van der Waals surface area (Å²) < 4.78 is 11.4. The molecule has 0 bridgehead atoms. The van der Waals surface area contributed by atoms with Crippen molar-refractivity contribution < 1.29 is 14.3 Å². The smallest absolute Gasteiger partial charge is 0.309 e. The lowest BCUT2D eigenvalue weighted by Crippen LogP contribution is -2.03. The monoisotopic (exact) mass is 460 g/mol. The Balaban J connectivity index is 1.39. The third kappa shape index (κ3) is 4.38. The predicted molar refractivity (Wildman–Crippen MR) is 129 cm³/mol. The summed E-state index contributed by atoms with van der Waals surface area (Å²) in [7, 11) is 1.07. The van der Waals surface area contributed by atoms with Gasteiger partial charge in [-0.3, -0.25) is 4.79 Å². The van der Waals surface area contributed by atoms with Gasteiger partial charge in [0.15, 0.2) is 5.82 Å². The Bertz CT molecular complexity index is 1430. The Labute approximate surface area is 191 Å². The molecule has 2 aromatic heterocycles. The topological polar surface area (TPSA) is 73.3 Å². The number of esters is 1. The Morgan fingerprint density at radius 1 is 1.16 bits per heavy atom. The Morgan fingerprint density at radius 3 is 2.72 bits per heavy atom. The maximum absolute atomic E-state index is 11.5. The number of rotatable bonds is 7. The predicted octanol–water partition coefficient (Wildman–Crippen LogP) is 5.22. The molecule has 1 aliphatic rings. The zero-order valence-electron chi connectivity index (χ0n) is 17.1. The average Bonchev–Trinajstić information content (AvgIpc) is 3.31. The molecule has 5 rings (SSSR count). The zero-order valence-corrected chi connectivity index (χ0v) is 18.7. The molecule has 0 saturated carbocycles. The van der Waals surface area contributed by atoms with Gasteiger partial charge in [-0.2, -0.15) is 5.41 Å². The Kier molecular flexibility index (Phi) is 5.41. The van der Waals surface area contributed by atoms with Crippen LogP contribution in [0.4, 0.5) is 11.5 Å². The van der Waals surface area contributed by atoms with E-state index in [1.165, 1.54) is 7.11 Å². The summed E-state index contributed by atoms with van der Waals surface area (Å²) in [5, 5.41) is 6.08. The minimum absolute atomic E-state index is 0.253. The molecule has 3 heterocycles. The fourth-order valence-corrected chi connectivity index (χ4v) is 4.78. The molecule has 4 aromatic rings. The van der Waals surface area contributed by atoms with Crippen molar-refractivity contribution in [2.75, 3.05) is 12.4 Å². The van der Waals surface area contributed by atoms with Crippen molar-refractivity contribution >= 4 is 49.3 Å². The molecule has 32 heavy (non-hydrogen) atoms. The van der Waals surface area contributed by atoms with Gasteiger partial charge in [0.2, 0.25) is 0 Å². The summed E-state index contributed by atoms with van der Waals surface area (Å²) in [6, 6.07) is 17.6. The number of benzene rings is 2. The first-order valence-corrected chi connectivity index (χ1v) is 11.9. The van der Waals surface area contributed by atoms with Crippen molar-refractivity contribution in [3.05, 3.63) is 77.0 Å². The second-order valence-corrected chi connectivity index (χ2v) is 9.49. The van der Waals surface area contributed by atoms with E-state index in [2.05, 4.69) is 15.3 Å². The van der Waals surface area contributed by atoms with Crippen molar-refractivity contribution in [1.29, 1.82) is 0 Å². The maximum atomic E-state index is 11.5. The number of hydrogen-bond donors (Lipinski definition) is 1. The van der Waals surface area contributed by atoms with Crippen LogP contribution in [0.1, 0.15) is 5.56 Å². The zero-order chi connectivity index (χ0) is 22.1. The lowest BCUT2D eigenvalue weighted by atomic mass is 10.1. The van der Waals surface area contributed by atoms with Gasteiger partial charge >= 0.3 is 5.97 Å². The summed E-state index contributed by atoms with van der Waals surface area (Å²) in [5.74, 6) is 1.21. The first-order valence-electron chi connectivity index (χ1n) is 9.74. The van der Waals surface area contributed by atoms with Crippen LogP contribution in [0.25, 0.3) is 20.7 Å². The van der Waals surface area contributed by atoms with Crippen LogP contribution >= 0.6 is 11.3 Å². The molecule has 8 heteroatoms. The Hall–Kier alpha value is -3.58. The normalized spacial score (nSPS) is 12.9. The number of methoxy groups -OCH3 is 1. The van der Waals surface area contributed by atoms with Gasteiger partial charge in [0.25, 0.3) is 0 Å². The van der Waals surface area contributed by atoms with Gasteiger partial charge in [0.1, 0.15) is 12.1 Å². The number of nitrogens with one attached hydrogen (secondary N) is 1. The summed E-state index contributed by atoms with van der Waals surface area (Å²) in [5.41, 5.74) is 9.48. The molecule has 0 saturated heterocycles. The molecular weight excluding hydrogens is 442 g/mol. The van der Waals surface area contributed by atoms with Gasteiger partial charge in [-0.05, 0) is 34.4 Å². The van der Waals surface area contributed by atoms with E-state index in [1.54, 1.807) is 17.7 Å². The van der Waals surface area contributed by atoms with E-state index in [1.807, 2.05) is 60.0 Å². The highest BCUT2D eigenvalue weighted by Crippen LogP contribution is 2.37. The third-order valence-corrected chi connectivity index (χ3v) is 6.90. The van der Waals surface area contributed by atoms with Crippen LogP contribution in [0.2, 0.25) is 0 Å². The van der Waals surface area contributed by atoms with Crippen molar-refractivity contribution in [2.45, 2.75) is 6.42 Å². The van der Waals surface area contributed by atoms with E-state index in [4.69, 9.17) is 15.2 Å². The van der Waals surface area contributed by atoms with Gasteiger partial charge in [0, 0.05) is 16.6 Å². The van der Waals surface area contributed by atoms with Crippen LogP contribution < -0.4 is 10.1 Å². The van der Waals surface area contributed by atoms with Gasteiger partial charge in [-0.25, -0.2) is 9.97 Å². The lowest BCUT2D eigenvalue weighted by Gasteiger charge is -2.09. The van der Waals surface area contributed by atoms with Crippen molar-refractivity contribution in [1.82, 2.24) is 9.97 Å². The van der Waals surface area contributed by atoms with Crippen molar-refractivity contribution in [2.24, 2.45) is 0 Å². The molecule has 0 spiro atoms. The molecule has 0 aliphatic carbocycles. The first kappa shape index (κ1) is 20.3. The summed E-state index contributed by atoms with van der Waals surface area (Å²) >= 11 is 1.61. The molecule has 0 amide bonds. The number of hydrogen-bond acceptors (Lipinski definition) is 8. The molecule has 0 fully saturated rings. The van der Waals surface area contributed by atoms with Crippen LogP contribution in [0.3, 0.4) is 0 Å². The third-order valence-electron chi connectivity index (χ3n) is 4.84. The molecule has 2 aromatic carbocycles. The number of carbonyl (C=O) groups excluding carboxylic acids is 1. The molecule has 0 unspecified atom stereocenters. The number of aromatic nitrogens is 2. The summed E-state index contributed by atoms with van der Waals surface area (Å²) in [6.45, 7) is 0. The van der Waals surface area contributed by atoms with E-state index in [9.17, 15) is 4.79 Å². The molecule has 6 nitrogen and oxygen atoms in total. The Morgan fingerprint density at radius 2 is 1.97 bits per heavy atom. The van der Waals surface area contributed by atoms with Gasteiger partial charge < -0.3 is 30.8 Å². The largest absolute Gasteiger partial charge is 0.486 e. The minimum Gasteiger partial charge on any atom is -0.486 e. The highest BCUT2D eigenvalue weighted by atomic mass is 32.2. The molecule has 1 aliphatic heterocycles. The minimum atomic E-state index is -0.326. The SMILES string of the molecule is C#[S-]1C=C1Oc1cccc(Nc2ncnc3cc(-c4ccc(CC(=O)OC)cc4)sc23)c1. The maximum Gasteiger partial charge on any atom is 0.309 e. The number of fused-ring (bicyclic) bond motifs is 1. The number of anilines is 2. The van der Waals surface area contributed by atoms with E-state index in [0.29, 0.717) is 0 Å². The van der Waals surface area contributed by atoms with Crippen LogP contribution in [-0.2, 0) is 26.3 Å². The van der Waals surface area contributed by atoms with Gasteiger partial charge in [-0.1, -0.05) is 30.3 Å². The second-order valence-electron chi connectivity index (χ2n) is 7.06. The molecule has 0 radical (unpaired) electrons. The van der Waals surface area contributed by atoms with E-state index in [-0.39, 0.29) is 22.7 Å². The van der Waals surface area contributed by atoms with E-state index in [0.717, 1.165) is 48.6 Å². The number of carbonyl (C=O) groups is 1. The van der Waals surface area contributed by atoms with Crippen LogP contribution in [0.5, 0.6) is 5.75 Å². The second kappa shape index (κ2) is 8.51. The number of nitrogens with zero attached hydrogens (tertiary/aromatic N) is 2. The quantitative estimate of drug-likeness (QED) is 0.301. The van der Waals surface area contributed by atoms with E-state index < -0.39 is 0 Å². The number of ether oxygens (including phenoxy) is 2. The van der Waals surface area contributed by atoms with Crippen molar-refractivity contribution in [3.8, 4) is 21.9 Å². The standard InChI is InChI=1S/C24H18N3O3S2/c1-29-21(28)10-15-6-8-16(9-7-15)20-12-19-23(31-20)24(26-14-25-19)27-17-4-3-5-18(11-17)30-22-13-32(22)2/h2-9,11-14H,10H2,1H3,(H,25,26,27)/q-1. The first-order chi connectivity index (χ1) is 15.6. The van der Waals surface area contributed by atoms with Gasteiger partial charge in [-0.15, -0.1) is 11.3 Å².